The Morgan fingerprint density at radius 1 is 0.871 bits per heavy atom. The molecule has 0 unspecified atom stereocenters. The van der Waals surface area contributed by atoms with Gasteiger partial charge in [-0.3, -0.25) is 0 Å². The first kappa shape index (κ1) is 18.7. The molecule has 31 heavy (non-hydrogen) atoms. The monoisotopic (exact) mass is 409 g/mol. The van der Waals surface area contributed by atoms with Crippen molar-refractivity contribution >= 4 is 22.5 Å². The van der Waals surface area contributed by atoms with E-state index in [2.05, 4.69) is 30.4 Å². The smallest absolute Gasteiger partial charge is 0.322 e. The number of nitrogens with zero attached hydrogens (tertiary/aromatic N) is 6. The molecule has 0 fully saturated rings. The second-order valence-corrected chi connectivity index (χ2v) is 7.04. The molecule has 0 spiro atoms. The Balaban J connectivity index is 1.44. The summed E-state index contributed by atoms with van der Waals surface area (Å²) in [5.74, 6) is 1.28. The highest BCUT2D eigenvalue weighted by atomic mass is 16.5. The van der Waals surface area contributed by atoms with Crippen LogP contribution in [0.5, 0.6) is 11.8 Å². The minimum atomic E-state index is 0.322. The quantitative estimate of drug-likeness (QED) is 0.447. The van der Waals surface area contributed by atoms with E-state index in [9.17, 15) is 0 Å². The van der Waals surface area contributed by atoms with Crippen LogP contribution in [0, 0.1) is 13.8 Å². The molecule has 3 heterocycles. The number of rotatable bonds is 5. The van der Waals surface area contributed by atoms with Crippen molar-refractivity contribution in [2.75, 3.05) is 5.32 Å². The maximum Gasteiger partial charge on any atom is 0.322 e. The highest BCUT2D eigenvalue weighted by molar-refractivity contribution is 5.89. The Hall–Kier alpha value is -4.33. The van der Waals surface area contributed by atoms with E-state index in [0.29, 0.717) is 17.6 Å². The molecule has 0 radical (unpaired) electrons. The number of aromatic nitrogens is 6. The van der Waals surface area contributed by atoms with Crippen LogP contribution in [0.15, 0.2) is 73.2 Å². The first-order valence-electron chi connectivity index (χ1n) is 9.77. The molecular formula is C23H19N7O. The molecule has 8 nitrogen and oxygen atoms in total. The molecule has 152 valence electrons. The Morgan fingerprint density at radius 2 is 1.68 bits per heavy atom. The summed E-state index contributed by atoms with van der Waals surface area (Å²) in [7, 11) is 0. The summed E-state index contributed by atoms with van der Waals surface area (Å²) >= 11 is 0. The summed E-state index contributed by atoms with van der Waals surface area (Å²) in [5, 5.41) is 8.64. The SMILES string of the molecule is Cc1cc(C)nc(Oc2cccc(Nc3ncnc4c3cnn4-c3ccccc3)c2)n1. The molecule has 0 atom stereocenters. The van der Waals surface area contributed by atoms with E-state index in [1.165, 1.54) is 6.33 Å². The molecule has 0 amide bonds. The topological polar surface area (TPSA) is 90.6 Å². The molecule has 5 aromatic rings. The van der Waals surface area contributed by atoms with Crippen LogP contribution in [0.4, 0.5) is 11.5 Å². The molecule has 0 aliphatic rings. The standard InChI is InChI=1S/C23H19N7O/c1-15-11-16(2)28-23(27-15)31-19-10-6-7-17(12-19)29-21-20-13-26-30(22(20)25-14-24-21)18-8-4-3-5-9-18/h3-14H,1-2H3,(H,24,25,29). The normalized spacial score (nSPS) is 10.9. The van der Waals surface area contributed by atoms with Crippen molar-refractivity contribution in [2.45, 2.75) is 13.8 Å². The lowest BCUT2D eigenvalue weighted by Crippen LogP contribution is -1.99. The molecule has 0 bridgehead atoms. The first-order valence-corrected chi connectivity index (χ1v) is 9.77. The van der Waals surface area contributed by atoms with Gasteiger partial charge in [-0.05, 0) is 44.2 Å². The van der Waals surface area contributed by atoms with Gasteiger partial charge in [-0.15, -0.1) is 0 Å². The van der Waals surface area contributed by atoms with Crippen molar-refractivity contribution in [1.82, 2.24) is 29.7 Å². The highest BCUT2D eigenvalue weighted by Crippen LogP contribution is 2.27. The summed E-state index contributed by atoms with van der Waals surface area (Å²) in [6.45, 7) is 3.82. The molecule has 8 heteroatoms. The van der Waals surface area contributed by atoms with Crippen LogP contribution in [0.1, 0.15) is 11.4 Å². The van der Waals surface area contributed by atoms with Crippen molar-refractivity contribution in [3.63, 3.8) is 0 Å². The zero-order valence-electron chi connectivity index (χ0n) is 17.0. The zero-order valence-corrected chi connectivity index (χ0v) is 17.0. The number of fused-ring (bicyclic) bond motifs is 1. The molecule has 1 N–H and O–H groups in total. The minimum Gasteiger partial charge on any atom is -0.424 e. The molecule has 0 aliphatic heterocycles. The number of anilines is 2. The third kappa shape index (κ3) is 3.91. The number of hydrogen-bond donors (Lipinski definition) is 1. The van der Waals surface area contributed by atoms with Crippen LogP contribution in [0.25, 0.3) is 16.7 Å². The van der Waals surface area contributed by atoms with Gasteiger partial charge in [0.15, 0.2) is 5.65 Å². The van der Waals surface area contributed by atoms with Crippen LogP contribution in [0.2, 0.25) is 0 Å². The fourth-order valence-electron chi connectivity index (χ4n) is 3.32. The Kier molecular flexibility index (Phi) is 4.72. The second-order valence-electron chi connectivity index (χ2n) is 7.04. The maximum atomic E-state index is 5.86. The van der Waals surface area contributed by atoms with Gasteiger partial charge in [0.25, 0.3) is 0 Å². The number of nitrogens with one attached hydrogen (secondary N) is 1. The molecular weight excluding hydrogens is 390 g/mol. The van der Waals surface area contributed by atoms with Gasteiger partial charge < -0.3 is 10.1 Å². The minimum absolute atomic E-state index is 0.322. The lowest BCUT2D eigenvalue weighted by atomic mass is 10.3. The van der Waals surface area contributed by atoms with Crippen LogP contribution in [-0.2, 0) is 0 Å². The third-order valence-corrected chi connectivity index (χ3v) is 4.63. The number of benzene rings is 2. The summed E-state index contributed by atoms with van der Waals surface area (Å²) in [6.07, 6.45) is 3.28. The molecule has 0 saturated carbocycles. The predicted molar refractivity (Wildman–Crippen MR) is 118 cm³/mol. The summed E-state index contributed by atoms with van der Waals surface area (Å²) in [4.78, 5) is 17.5. The largest absolute Gasteiger partial charge is 0.424 e. The Labute approximate surface area is 178 Å². The number of ether oxygens (including phenoxy) is 1. The molecule has 3 aromatic heterocycles. The Bertz CT molecular complexity index is 1350. The predicted octanol–water partition coefficient (Wildman–Crippen LogP) is 4.76. The molecule has 2 aromatic carbocycles. The zero-order chi connectivity index (χ0) is 21.2. The van der Waals surface area contributed by atoms with E-state index >= 15 is 0 Å². The van der Waals surface area contributed by atoms with E-state index in [1.807, 2.05) is 74.5 Å². The third-order valence-electron chi connectivity index (χ3n) is 4.63. The van der Waals surface area contributed by atoms with Crippen molar-refractivity contribution in [3.05, 3.63) is 84.6 Å². The molecule has 0 saturated heterocycles. The fourth-order valence-corrected chi connectivity index (χ4v) is 3.32. The van der Waals surface area contributed by atoms with Gasteiger partial charge in [-0.2, -0.15) is 5.10 Å². The van der Waals surface area contributed by atoms with E-state index in [0.717, 1.165) is 33.8 Å². The van der Waals surface area contributed by atoms with Crippen molar-refractivity contribution in [2.24, 2.45) is 0 Å². The van der Waals surface area contributed by atoms with Gasteiger partial charge in [0.05, 0.1) is 17.3 Å². The van der Waals surface area contributed by atoms with E-state index in [4.69, 9.17) is 4.74 Å². The van der Waals surface area contributed by atoms with E-state index in [1.54, 1.807) is 10.9 Å². The van der Waals surface area contributed by atoms with Crippen molar-refractivity contribution < 1.29 is 4.74 Å². The van der Waals surface area contributed by atoms with Crippen molar-refractivity contribution in [1.29, 1.82) is 0 Å². The van der Waals surface area contributed by atoms with Crippen LogP contribution in [0.3, 0.4) is 0 Å². The van der Waals surface area contributed by atoms with Crippen LogP contribution in [-0.4, -0.2) is 29.7 Å². The Morgan fingerprint density at radius 3 is 2.48 bits per heavy atom. The average molecular weight is 409 g/mol. The van der Waals surface area contributed by atoms with Gasteiger partial charge in [0, 0.05) is 23.1 Å². The van der Waals surface area contributed by atoms with Gasteiger partial charge in [0.1, 0.15) is 17.9 Å². The average Bonchev–Trinajstić information content (AvgIpc) is 3.19. The van der Waals surface area contributed by atoms with E-state index < -0.39 is 0 Å². The summed E-state index contributed by atoms with van der Waals surface area (Å²) in [5.41, 5.74) is 4.19. The number of aryl methyl sites for hydroxylation is 2. The van der Waals surface area contributed by atoms with Gasteiger partial charge in [0.2, 0.25) is 0 Å². The van der Waals surface area contributed by atoms with Gasteiger partial charge in [-0.25, -0.2) is 24.6 Å². The fraction of sp³-hybridized carbons (Fsp3) is 0.0870. The van der Waals surface area contributed by atoms with E-state index in [-0.39, 0.29) is 0 Å². The molecule has 5 rings (SSSR count). The second kappa shape index (κ2) is 7.83. The number of hydrogen-bond acceptors (Lipinski definition) is 7. The number of para-hydroxylation sites is 1. The van der Waals surface area contributed by atoms with Crippen LogP contribution >= 0.6 is 0 Å². The lowest BCUT2D eigenvalue weighted by Gasteiger charge is -2.09. The summed E-state index contributed by atoms with van der Waals surface area (Å²) < 4.78 is 7.65. The highest BCUT2D eigenvalue weighted by Gasteiger charge is 2.12. The summed E-state index contributed by atoms with van der Waals surface area (Å²) in [6, 6.07) is 19.7. The molecule has 0 aliphatic carbocycles. The first-order chi connectivity index (χ1) is 15.2. The maximum absolute atomic E-state index is 5.86. The van der Waals surface area contributed by atoms with Crippen LogP contribution < -0.4 is 10.1 Å². The lowest BCUT2D eigenvalue weighted by molar-refractivity contribution is 0.439. The van der Waals surface area contributed by atoms with Gasteiger partial charge >= 0.3 is 6.01 Å². The van der Waals surface area contributed by atoms with Crippen molar-refractivity contribution in [3.8, 4) is 17.4 Å². The van der Waals surface area contributed by atoms with Gasteiger partial charge in [-0.1, -0.05) is 24.3 Å².